The maximum atomic E-state index is 14.5. The van der Waals surface area contributed by atoms with Crippen molar-refractivity contribution in [1.29, 1.82) is 0 Å². The summed E-state index contributed by atoms with van der Waals surface area (Å²) in [4.78, 5) is 47.0. The monoisotopic (exact) mass is 760 g/mol. The van der Waals surface area contributed by atoms with Crippen LogP contribution in [-0.4, -0.2) is 76.9 Å². The van der Waals surface area contributed by atoms with Crippen molar-refractivity contribution in [3.05, 3.63) is 131 Å². The summed E-state index contributed by atoms with van der Waals surface area (Å²) in [7, 11) is 0. The molecular formula is C45H52N4O7. The molecule has 0 saturated heterocycles. The highest BCUT2D eigenvalue weighted by Crippen LogP contribution is 2.48. The number of carbonyl (C=O) groups is 3. The van der Waals surface area contributed by atoms with Crippen LogP contribution in [0.5, 0.6) is 5.75 Å². The molecular weight excluding hydrogens is 709 g/mol. The van der Waals surface area contributed by atoms with Gasteiger partial charge < -0.3 is 35.2 Å². The number of ether oxygens (including phenoxy) is 1. The fourth-order valence-electron chi connectivity index (χ4n) is 7.58. The second-order valence-electron chi connectivity index (χ2n) is 14.3. The Morgan fingerprint density at radius 2 is 1.66 bits per heavy atom. The van der Waals surface area contributed by atoms with Crippen LogP contribution in [0.1, 0.15) is 55.4 Å². The van der Waals surface area contributed by atoms with Gasteiger partial charge in [0.1, 0.15) is 5.75 Å². The fraction of sp³-hybridized carbons (Fsp3) is 0.356. The first-order valence-electron chi connectivity index (χ1n) is 19.5. The van der Waals surface area contributed by atoms with Crippen LogP contribution in [0, 0.1) is 5.92 Å². The largest absolute Gasteiger partial charge is 0.494 e. The van der Waals surface area contributed by atoms with Gasteiger partial charge in [0, 0.05) is 43.3 Å². The molecule has 0 aromatic heterocycles. The number of rotatable bonds is 18. The number of nitrogens with zero attached hydrogens (tertiary/aromatic N) is 3. The second-order valence-corrected chi connectivity index (χ2v) is 14.3. The third-order valence-corrected chi connectivity index (χ3v) is 10.5. The number of hydrogen-bond donors (Lipinski definition) is 4. The van der Waals surface area contributed by atoms with Gasteiger partial charge in [-0.1, -0.05) is 79.7 Å². The third kappa shape index (κ3) is 8.71. The van der Waals surface area contributed by atoms with Gasteiger partial charge in [0.2, 0.25) is 11.8 Å². The van der Waals surface area contributed by atoms with Crippen molar-refractivity contribution in [3.8, 4) is 5.75 Å². The van der Waals surface area contributed by atoms with Crippen LogP contribution in [0.2, 0.25) is 0 Å². The lowest BCUT2D eigenvalue weighted by Crippen LogP contribution is -2.49. The van der Waals surface area contributed by atoms with Crippen LogP contribution in [0.15, 0.2) is 109 Å². The quantitative estimate of drug-likeness (QED) is 0.0784. The summed E-state index contributed by atoms with van der Waals surface area (Å²) < 4.78 is 5.80. The molecule has 0 aliphatic carbocycles. The fourth-order valence-corrected chi connectivity index (χ4v) is 7.58. The number of aliphatic hydroxyl groups is 3. The van der Waals surface area contributed by atoms with E-state index < -0.39 is 23.5 Å². The van der Waals surface area contributed by atoms with E-state index in [1.807, 2.05) is 91.9 Å². The number of unbranched alkanes of at least 4 members (excludes halogenated alkanes) is 1. The third-order valence-electron chi connectivity index (χ3n) is 10.5. The first-order chi connectivity index (χ1) is 27.2. The highest BCUT2D eigenvalue weighted by molar-refractivity contribution is 6.10. The van der Waals surface area contributed by atoms with E-state index >= 15 is 0 Å². The lowest BCUT2D eigenvalue weighted by molar-refractivity contribution is -0.139. The molecule has 11 heteroatoms. The van der Waals surface area contributed by atoms with Gasteiger partial charge in [0.05, 0.1) is 37.2 Å². The maximum Gasteiger partial charge on any atom is 0.264 e. The first-order valence-corrected chi connectivity index (χ1v) is 19.5. The summed E-state index contributed by atoms with van der Waals surface area (Å²) in [5.74, 6) is -0.938. The number of carbonyl (C=O) groups excluding carboxylic acids is 3. The first kappa shape index (κ1) is 40.3. The van der Waals surface area contributed by atoms with Crippen LogP contribution in [0.25, 0.3) is 0 Å². The van der Waals surface area contributed by atoms with E-state index in [0.717, 1.165) is 16.7 Å². The molecule has 4 aromatic carbocycles. The Bertz CT molecular complexity index is 2010. The molecule has 0 radical (unpaired) electrons. The average molecular weight is 761 g/mol. The number of fused-ring (bicyclic) bond motifs is 2. The Morgan fingerprint density at radius 3 is 2.36 bits per heavy atom. The molecule has 2 aliphatic heterocycles. The molecule has 0 bridgehead atoms. The molecule has 4 N–H and O–H groups in total. The number of benzene rings is 4. The SMILES string of the molecule is CCOc1ccc2c(c1)CC(NCCCCO)C(=O)N2c1ccc2c(c1)[C@@](O)([C@H](C)/C=C/CC(=O)N(CCO)Cc1ccccc1)C(=O)N2Cc1ccccc1. The molecule has 3 atom stereocenters. The van der Waals surface area contributed by atoms with Crippen LogP contribution in [0.3, 0.4) is 0 Å². The number of amides is 3. The van der Waals surface area contributed by atoms with Crippen molar-refractivity contribution in [2.75, 3.05) is 42.7 Å². The average Bonchev–Trinajstić information content (AvgIpc) is 3.42. The van der Waals surface area contributed by atoms with Crippen LogP contribution in [0.4, 0.5) is 17.1 Å². The van der Waals surface area contributed by atoms with Gasteiger partial charge in [-0.05, 0) is 85.8 Å². The number of nitrogens with one attached hydrogen (secondary N) is 1. The lowest BCUT2D eigenvalue weighted by atomic mass is 9.82. The molecule has 1 unspecified atom stereocenters. The highest BCUT2D eigenvalue weighted by Gasteiger charge is 2.53. The van der Waals surface area contributed by atoms with E-state index in [2.05, 4.69) is 5.32 Å². The molecule has 4 aromatic rings. The van der Waals surface area contributed by atoms with Gasteiger partial charge in [-0.25, -0.2) is 0 Å². The van der Waals surface area contributed by atoms with E-state index in [9.17, 15) is 29.7 Å². The molecule has 3 amide bonds. The van der Waals surface area contributed by atoms with Gasteiger partial charge in [-0.3, -0.25) is 19.3 Å². The molecule has 56 heavy (non-hydrogen) atoms. The van der Waals surface area contributed by atoms with Crippen molar-refractivity contribution in [2.24, 2.45) is 5.92 Å². The lowest BCUT2D eigenvalue weighted by Gasteiger charge is -2.35. The van der Waals surface area contributed by atoms with Gasteiger partial charge >= 0.3 is 0 Å². The number of aliphatic hydroxyl groups excluding tert-OH is 2. The molecule has 0 spiro atoms. The van der Waals surface area contributed by atoms with Crippen molar-refractivity contribution in [3.63, 3.8) is 0 Å². The molecule has 0 fully saturated rings. The van der Waals surface area contributed by atoms with Gasteiger partial charge in [-0.2, -0.15) is 0 Å². The van der Waals surface area contributed by atoms with Crippen LogP contribution in [-0.2, 0) is 39.5 Å². The van der Waals surface area contributed by atoms with Gasteiger partial charge in [0.25, 0.3) is 5.91 Å². The van der Waals surface area contributed by atoms with Gasteiger partial charge in [-0.15, -0.1) is 0 Å². The molecule has 294 valence electrons. The summed E-state index contributed by atoms with van der Waals surface area (Å²) in [5, 5.41) is 35.0. The molecule has 2 aliphatic rings. The normalized spacial score (nSPS) is 18.3. The summed E-state index contributed by atoms with van der Waals surface area (Å²) in [6.45, 7) is 5.36. The minimum absolute atomic E-state index is 0.0115. The Kier molecular flexibility index (Phi) is 13.4. The molecule has 0 saturated carbocycles. The number of hydrogen-bond acceptors (Lipinski definition) is 8. The van der Waals surface area contributed by atoms with Gasteiger partial charge in [0.15, 0.2) is 5.60 Å². The van der Waals surface area contributed by atoms with E-state index in [4.69, 9.17) is 4.74 Å². The van der Waals surface area contributed by atoms with E-state index in [1.165, 1.54) is 0 Å². The summed E-state index contributed by atoms with van der Waals surface area (Å²) in [6, 6.07) is 29.6. The maximum absolute atomic E-state index is 14.5. The zero-order valence-electron chi connectivity index (χ0n) is 32.1. The Balaban J connectivity index is 1.34. The van der Waals surface area contributed by atoms with Crippen molar-refractivity contribution >= 4 is 34.8 Å². The molecule has 6 rings (SSSR count). The van der Waals surface area contributed by atoms with Crippen molar-refractivity contribution in [1.82, 2.24) is 10.2 Å². The number of anilines is 3. The standard InChI is InChI=1S/C45H52N4O7/c1-3-56-37-20-22-40-35(27-37)28-39(46-23-10-11-25-50)43(53)49(40)36-19-21-41-38(29-36)45(55,44(54)48(41)31-34-16-8-5-9-17-34)32(2)13-12-18-42(52)47(24-26-51)30-33-14-6-4-7-15-33/h4-9,12-17,19-22,27,29,32,39,46,50-51,55H,3,10-11,18,23-26,28,30-31H2,1-2H3/b13-12+/t32-,39?,45+/m1/s1. The van der Waals surface area contributed by atoms with Crippen LogP contribution < -0.4 is 19.9 Å². The van der Waals surface area contributed by atoms with Crippen molar-refractivity contribution < 1.29 is 34.4 Å². The topological polar surface area (TPSA) is 143 Å². The minimum Gasteiger partial charge on any atom is -0.494 e. The summed E-state index contributed by atoms with van der Waals surface area (Å²) in [5.41, 5.74) is 2.81. The zero-order chi connectivity index (χ0) is 39.7. The van der Waals surface area contributed by atoms with Crippen molar-refractivity contribution in [2.45, 2.75) is 64.3 Å². The second kappa shape index (κ2) is 18.5. The summed E-state index contributed by atoms with van der Waals surface area (Å²) >= 11 is 0. The van der Waals surface area contributed by atoms with E-state index in [1.54, 1.807) is 45.9 Å². The Hall–Kier alpha value is -5.33. The van der Waals surface area contributed by atoms with E-state index in [-0.39, 0.29) is 44.5 Å². The summed E-state index contributed by atoms with van der Waals surface area (Å²) in [6.07, 6.45) is 5.16. The van der Waals surface area contributed by atoms with Crippen LogP contribution >= 0.6 is 0 Å². The van der Waals surface area contributed by atoms with E-state index in [0.29, 0.717) is 67.3 Å². The Morgan fingerprint density at radius 1 is 0.946 bits per heavy atom. The zero-order valence-corrected chi connectivity index (χ0v) is 32.1. The Labute approximate surface area is 328 Å². The molecule has 11 nitrogen and oxygen atoms in total. The highest BCUT2D eigenvalue weighted by atomic mass is 16.5. The minimum atomic E-state index is -2.02. The predicted octanol–water partition coefficient (Wildman–Crippen LogP) is 5.37. The molecule has 2 heterocycles. The predicted molar refractivity (Wildman–Crippen MR) is 216 cm³/mol. The smallest absolute Gasteiger partial charge is 0.264 e.